The molecule has 1 aromatic heterocycles. The molecule has 3 heteroatoms. The molecule has 0 saturated heterocycles. The highest BCUT2D eigenvalue weighted by atomic mass is 32.1. The summed E-state index contributed by atoms with van der Waals surface area (Å²) in [5.74, 6) is -0.469. The molecule has 1 nitrogen and oxygen atoms in total. The minimum Gasteiger partial charge on any atom is -0.298 e. The van der Waals surface area contributed by atoms with E-state index < -0.39 is 5.82 Å². The van der Waals surface area contributed by atoms with Crippen LogP contribution in [0, 0.1) is 5.82 Å². The molecule has 0 aliphatic rings. The molecule has 2 aromatic rings. The highest BCUT2D eigenvalue weighted by Crippen LogP contribution is 2.26. The molecule has 0 aliphatic carbocycles. The predicted molar refractivity (Wildman–Crippen MR) is 55.1 cm³/mol. The number of thiophene rings is 1. The zero-order chi connectivity index (χ0) is 9.97. The number of rotatable bonds is 2. The minimum absolute atomic E-state index is 0.130. The smallest absolute Gasteiger partial charge is 0.153 e. The zero-order valence-electron chi connectivity index (χ0n) is 7.24. The maximum absolute atomic E-state index is 13.2. The van der Waals surface area contributed by atoms with E-state index in [9.17, 15) is 9.18 Å². The molecule has 0 N–H and O–H groups in total. The minimum atomic E-state index is -0.469. The second-order valence-corrected chi connectivity index (χ2v) is 3.61. The van der Waals surface area contributed by atoms with Gasteiger partial charge in [0.25, 0.3) is 0 Å². The Morgan fingerprint density at radius 3 is 2.79 bits per heavy atom. The molecule has 1 heterocycles. The average molecular weight is 206 g/mol. The van der Waals surface area contributed by atoms with Crippen LogP contribution in [0.4, 0.5) is 4.39 Å². The van der Waals surface area contributed by atoms with Crippen LogP contribution in [-0.4, -0.2) is 6.29 Å². The normalized spacial score (nSPS) is 10.1. The van der Waals surface area contributed by atoms with E-state index in [0.29, 0.717) is 11.8 Å². The van der Waals surface area contributed by atoms with Crippen molar-refractivity contribution in [2.24, 2.45) is 0 Å². The SMILES string of the molecule is O=Cc1c(F)cccc1-c1ccsc1. The fourth-order valence-electron chi connectivity index (χ4n) is 1.33. The van der Waals surface area contributed by atoms with Gasteiger partial charge in [-0.2, -0.15) is 11.3 Å². The van der Waals surface area contributed by atoms with Crippen molar-refractivity contribution in [2.75, 3.05) is 0 Å². The lowest BCUT2D eigenvalue weighted by molar-refractivity contribution is 0.112. The summed E-state index contributed by atoms with van der Waals surface area (Å²) in [4.78, 5) is 10.7. The zero-order valence-corrected chi connectivity index (χ0v) is 8.05. The van der Waals surface area contributed by atoms with Crippen molar-refractivity contribution in [1.29, 1.82) is 0 Å². The summed E-state index contributed by atoms with van der Waals surface area (Å²) < 4.78 is 13.2. The lowest BCUT2D eigenvalue weighted by Crippen LogP contribution is -1.90. The van der Waals surface area contributed by atoms with Crippen LogP contribution in [0.1, 0.15) is 10.4 Å². The summed E-state index contributed by atoms with van der Waals surface area (Å²) in [7, 11) is 0. The van der Waals surface area contributed by atoms with Crippen molar-refractivity contribution in [2.45, 2.75) is 0 Å². The van der Waals surface area contributed by atoms with Crippen LogP contribution in [0.2, 0.25) is 0 Å². The van der Waals surface area contributed by atoms with Gasteiger partial charge in [-0.15, -0.1) is 0 Å². The van der Waals surface area contributed by atoms with E-state index in [1.807, 2.05) is 16.8 Å². The predicted octanol–water partition coefficient (Wildman–Crippen LogP) is 3.37. The number of carbonyl (C=O) groups excluding carboxylic acids is 1. The Labute approximate surface area is 84.8 Å². The van der Waals surface area contributed by atoms with Crippen LogP contribution in [0.25, 0.3) is 11.1 Å². The number of hydrogen-bond acceptors (Lipinski definition) is 2. The Bertz CT molecular complexity index is 448. The van der Waals surface area contributed by atoms with Crippen molar-refractivity contribution >= 4 is 17.6 Å². The summed E-state index contributed by atoms with van der Waals surface area (Å²) in [6, 6.07) is 6.51. The van der Waals surface area contributed by atoms with Gasteiger partial charge in [-0.05, 0) is 34.0 Å². The van der Waals surface area contributed by atoms with Crippen LogP contribution < -0.4 is 0 Å². The first kappa shape index (κ1) is 9.09. The van der Waals surface area contributed by atoms with E-state index >= 15 is 0 Å². The van der Waals surface area contributed by atoms with Crippen molar-refractivity contribution in [3.05, 3.63) is 46.4 Å². The summed E-state index contributed by atoms with van der Waals surface area (Å²) >= 11 is 1.52. The van der Waals surface area contributed by atoms with Gasteiger partial charge in [-0.1, -0.05) is 12.1 Å². The fraction of sp³-hybridized carbons (Fsp3) is 0. The molecule has 0 fully saturated rings. The van der Waals surface area contributed by atoms with Gasteiger partial charge in [0.1, 0.15) is 5.82 Å². The number of hydrogen-bond donors (Lipinski definition) is 0. The Hall–Kier alpha value is -1.48. The van der Waals surface area contributed by atoms with E-state index in [4.69, 9.17) is 0 Å². The Kier molecular flexibility index (Phi) is 2.41. The van der Waals surface area contributed by atoms with Crippen molar-refractivity contribution < 1.29 is 9.18 Å². The molecule has 0 saturated carbocycles. The van der Waals surface area contributed by atoms with Gasteiger partial charge in [-0.3, -0.25) is 4.79 Å². The van der Waals surface area contributed by atoms with Crippen molar-refractivity contribution in [3.8, 4) is 11.1 Å². The van der Waals surface area contributed by atoms with E-state index in [2.05, 4.69) is 0 Å². The Morgan fingerprint density at radius 1 is 1.29 bits per heavy atom. The van der Waals surface area contributed by atoms with E-state index in [1.54, 1.807) is 12.1 Å². The summed E-state index contributed by atoms with van der Waals surface area (Å²) in [6.07, 6.45) is 0.558. The molecule has 14 heavy (non-hydrogen) atoms. The standard InChI is InChI=1S/C11H7FOS/c12-11-3-1-2-9(10(11)6-13)8-4-5-14-7-8/h1-7H. The van der Waals surface area contributed by atoms with E-state index in [1.165, 1.54) is 17.4 Å². The van der Waals surface area contributed by atoms with Crippen LogP contribution in [-0.2, 0) is 0 Å². The second kappa shape index (κ2) is 3.72. The van der Waals surface area contributed by atoms with E-state index in [-0.39, 0.29) is 5.56 Å². The van der Waals surface area contributed by atoms with Crippen molar-refractivity contribution in [1.82, 2.24) is 0 Å². The number of aldehydes is 1. The van der Waals surface area contributed by atoms with Gasteiger partial charge in [-0.25, -0.2) is 4.39 Å². The van der Waals surface area contributed by atoms with Crippen LogP contribution >= 0.6 is 11.3 Å². The number of carbonyl (C=O) groups is 1. The monoisotopic (exact) mass is 206 g/mol. The highest BCUT2D eigenvalue weighted by Gasteiger charge is 2.08. The molecule has 1 aromatic carbocycles. The van der Waals surface area contributed by atoms with Crippen LogP contribution in [0.15, 0.2) is 35.0 Å². The summed E-state index contributed by atoms with van der Waals surface area (Å²) in [5.41, 5.74) is 1.67. The first-order valence-electron chi connectivity index (χ1n) is 4.09. The third kappa shape index (κ3) is 1.46. The molecular formula is C11H7FOS. The van der Waals surface area contributed by atoms with Gasteiger partial charge in [0, 0.05) is 0 Å². The first-order chi connectivity index (χ1) is 6.83. The number of benzene rings is 1. The highest BCUT2D eigenvalue weighted by molar-refractivity contribution is 7.08. The summed E-state index contributed by atoms with van der Waals surface area (Å²) in [5, 5.41) is 3.79. The Morgan fingerprint density at radius 2 is 2.14 bits per heavy atom. The lowest BCUT2D eigenvalue weighted by atomic mass is 10.0. The largest absolute Gasteiger partial charge is 0.298 e. The quantitative estimate of drug-likeness (QED) is 0.688. The third-order valence-corrected chi connectivity index (χ3v) is 2.69. The fourth-order valence-corrected chi connectivity index (χ4v) is 1.98. The molecule has 0 spiro atoms. The third-order valence-electron chi connectivity index (χ3n) is 2.00. The van der Waals surface area contributed by atoms with E-state index in [0.717, 1.165) is 5.56 Å². The molecule has 0 bridgehead atoms. The van der Waals surface area contributed by atoms with Gasteiger partial charge in [0.05, 0.1) is 5.56 Å². The Balaban J connectivity index is 2.64. The number of halogens is 1. The molecular weight excluding hydrogens is 199 g/mol. The molecule has 2 rings (SSSR count). The molecule has 0 atom stereocenters. The second-order valence-electron chi connectivity index (χ2n) is 2.83. The molecule has 0 unspecified atom stereocenters. The summed E-state index contributed by atoms with van der Waals surface area (Å²) in [6.45, 7) is 0. The first-order valence-corrected chi connectivity index (χ1v) is 5.03. The van der Waals surface area contributed by atoms with Gasteiger partial charge in [0.2, 0.25) is 0 Å². The van der Waals surface area contributed by atoms with Crippen LogP contribution in [0.5, 0.6) is 0 Å². The van der Waals surface area contributed by atoms with Crippen LogP contribution in [0.3, 0.4) is 0 Å². The molecule has 0 aliphatic heterocycles. The lowest BCUT2D eigenvalue weighted by Gasteiger charge is -2.02. The molecule has 0 radical (unpaired) electrons. The molecule has 70 valence electrons. The van der Waals surface area contributed by atoms with Gasteiger partial charge in [0.15, 0.2) is 6.29 Å². The topological polar surface area (TPSA) is 17.1 Å². The maximum Gasteiger partial charge on any atom is 0.153 e. The molecule has 0 amide bonds. The average Bonchev–Trinajstić information content (AvgIpc) is 2.70. The van der Waals surface area contributed by atoms with Crippen molar-refractivity contribution in [3.63, 3.8) is 0 Å². The van der Waals surface area contributed by atoms with Gasteiger partial charge < -0.3 is 0 Å². The maximum atomic E-state index is 13.2. The van der Waals surface area contributed by atoms with Gasteiger partial charge >= 0.3 is 0 Å².